The summed E-state index contributed by atoms with van der Waals surface area (Å²) in [5, 5.41) is 3.27. The quantitative estimate of drug-likeness (QED) is 0.749. The molecule has 1 saturated carbocycles. The van der Waals surface area contributed by atoms with Gasteiger partial charge in [-0.3, -0.25) is 0 Å². The van der Waals surface area contributed by atoms with Crippen LogP contribution in [-0.4, -0.2) is 60.6 Å². The number of nitrogens with one attached hydrogen (secondary N) is 1. The monoisotopic (exact) mass is 378 g/mol. The van der Waals surface area contributed by atoms with Crippen molar-refractivity contribution in [1.82, 2.24) is 10.2 Å². The van der Waals surface area contributed by atoms with E-state index < -0.39 is 0 Å². The van der Waals surface area contributed by atoms with Gasteiger partial charge in [-0.15, -0.1) is 0 Å². The standard InChI is InChI=1S/C20H35BN2O4/c1-18(2)19(3,4)27-21(26-18)15-6-11-23(12-7-15)17(24)22-16-8-13-25-20(14-16)9-5-10-20/h15-16H,5-14H2,1-4H3,(H,22,24). The van der Waals surface area contributed by atoms with Crippen LogP contribution >= 0.6 is 0 Å². The molecule has 1 spiro atoms. The lowest BCUT2D eigenvalue weighted by atomic mass is 9.67. The summed E-state index contributed by atoms with van der Waals surface area (Å²) in [5.41, 5.74) is -0.501. The molecule has 0 aromatic heterocycles. The molecule has 3 saturated heterocycles. The molecule has 2 amide bonds. The van der Waals surface area contributed by atoms with Crippen molar-refractivity contribution < 1.29 is 18.8 Å². The Labute approximate surface area is 163 Å². The molecule has 4 rings (SSSR count). The number of hydrogen-bond acceptors (Lipinski definition) is 4. The molecule has 1 atom stereocenters. The summed E-state index contributed by atoms with van der Waals surface area (Å²) in [6, 6.07) is 0.344. The summed E-state index contributed by atoms with van der Waals surface area (Å²) in [5.74, 6) is 0.358. The SMILES string of the molecule is CC1(C)OB(C2CCN(C(=O)NC3CCOC4(CCC4)C3)CC2)OC1(C)C. The van der Waals surface area contributed by atoms with Crippen LogP contribution < -0.4 is 5.32 Å². The number of hydrogen-bond donors (Lipinski definition) is 1. The van der Waals surface area contributed by atoms with Crippen LogP contribution in [0.2, 0.25) is 5.82 Å². The van der Waals surface area contributed by atoms with Gasteiger partial charge in [0.05, 0.1) is 16.8 Å². The van der Waals surface area contributed by atoms with E-state index in [1.54, 1.807) is 0 Å². The van der Waals surface area contributed by atoms with Crippen LogP contribution in [0.15, 0.2) is 0 Å². The predicted molar refractivity (Wildman–Crippen MR) is 105 cm³/mol. The molecule has 0 radical (unpaired) electrons. The van der Waals surface area contributed by atoms with E-state index >= 15 is 0 Å². The van der Waals surface area contributed by atoms with Gasteiger partial charge in [-0.25, -0.2) is 4.79 Å². The third-order valence-corrected chi connectivity index (χ3v) is 7.57. The molecule has 0 bridgehead atoms. The van der Waals surface area contributed by atoms with E-state index in [9.17, 15) is 4.79 Å². The van der Waals surface area contributed by atoms with Crippen molar-refractivity contribution in [2.75, 3.05) is 19.7 Å². The van der Waals surface area contributed by atoms with Crippen molar-refractivity contribution in [3.05, 3.63) is 0 Å². The predicted octanol–water partition coefficient (Wildman–Crippen LogP) is 3.36. The van der Waals surface area contributed by atoms with E-state index in [1.807, 2.05) is 4.90 Å². The average molecular weight is 378 g/mol. The summed E-state index contributed by atoms with van der Waals surface area (Å²) in [7, 11) is -0.158. The van der Waals surface area contributed by atoms with Gasteiger partial charge < -0.3 is 24.3 Å². The van der Waals surface area contributed by atoms with Gasteiger partial charge in [0, 0.05) is 25.7 Å². The first-order valence-electron chi connectivity index (χ1n) is 10.7. The lowest BCUT2D eigenvalue weighted by molar-refractivity contribution is -0.134. The van der Waals surface area contributed by atoms with E-state index in [2.05, 4.69) is 33.0 Å². The minimum absolute atomic E-state index is 0.0694. The van der Waals surface area contributed by atoms with Gasteiger partial charge in [0.15, 0.2) is 0 Å². The topological polar surface area (TPSA) is 60.0 Å². The van der Waals surface area contributed by atoms with Crippen LogP contribution in [0.25, 0.3) is 0 Å². The highest BCUT2D eigenvalue weighted by molar-refractivity contribution is 6.47. The van der Waals surface area contributed by atoms with Crippen LogP contribution in [0.5, 0.6) is 0 Å². The minimum atomic E-state index is -0.285. The van der Waals surface area contributed by atoms with Crippen molar-refractivity contribution in [2.24, 2.45) is 0 Å². The first-order chi connectivity index (χ1) is 12.7. The third-order valence-electron chi connectivity index (χ3n) is 7.57. The average Bonchev–Trinajstić information content (AvgIpc) is 2.81. The Morgan fingerprint density at radius 3 is 2.22 bits per heavy atom. The Balaban J connectivity index is 1.25. The largest absolute Gasteiger partial charge is 0.461 e. The van der Waals surface area contributed by atoms with Crippen LogP contribution in [-0.2, 0) is 14.0 Å². The molecule has 4 fully saturated rings. The van der Waals surface area contributed by atoms with Gasteiger partial charge in [-0.2, -0.15) is 0 Å². The minimum Gasteiger partial charge on any atom is -0.403 e. The molecule has 1 unspecified atom stereocenters. The first-order valence-corrected chi connectivity index (χ1v) is 10.7. The fourth-order valence-electron chi connectivity index (χ4n) is 4.79. The molecule has 152 valence electrons. The smallest absolute Gasteiger partial charge is 0.403 e. The van der Waals surface area contributed by atoms with Crippen LogP contribution in [0, 0.1) is 0 Å². The lowest BCUT2D eigenvalue weighted by Crippen LogP contribution is -2.55. The summed E-state index contributed by atoms with van der Waals surface area (Å²) in [6.45, 7) is 10.7. The molecule has 7 heteroatoms. The number of amides is 2. The van der Waals surface area contributed by atoms with Crippen molar-refractivity contribution >= 4 is 13.1 Å². The highest BCUT2D eigenvalue weighted by Gasteiger charge is 2.54. The molecule has 27 heavy (non-hydrogen) atoms. The van der Waals surface area contributed by atoms with Crippen LogP contribution in [0.4, 0.5) is 4.79 Å². The third kappa shape index (κ3) is 3.75. The number of nitrogens with zero attached hydrogens (tertiary/aromatic N) is 1. The summed E-state index contributed by atoms with van der Waals surface area (Å²) in [4.78, 5) is 14.7. The van der Waals surface area contributed by atoms with Gasteiger partial charge in [0.2, 0.25) is 0 Å². The number of rotatable bonds is 2. The molecular formula is C20H35BN2O4. The second kappa shape index (κ2) is 6.92. The van der Waals surface area contributed by atoms with Crippen LogP contribution in [0.3, 0.4) is 0 Å². The fraction of sp³-hybridized carbons (Fsp3) is 0.950. The Morgan fingerprint density at radius 2 is 1.67 bits per heavy atom. The number of carbonyl (C=O) groups excluding carboxylic acids is 1. The van der Waals surface area contributed by atoms with Crippen molar-refractivity contribution in [3.63, 3.8) is 0 Å². The van der Waals surface area contributed by atoms with E-state index in [0.29, 0.717) is 5.82 Å². The molecule has 1 N–H and O–H groups in total. The molecule has 4 aliphatic rings. The van der Waals surface area contributed by atoms with Gasteiger partial charge in [0.1, 0.15) is 0 Å². The van der Waals surface area contributed by atoms with E-state index in [0.717, 1.165) is 58.2 Å². The maximum absolute atomic E-state index is 12.7. The second-order valence-corrected chi connectivity index (χ2v) is 9.97. The number of urea groups is 1. The normalized spacial score (nSPS) is 32.4. The molecule has 1 aliphatic carbocycles. The van der Waals surface area contributed by atoms with E-state index in [1.165, 1.54) is 6.42 Å². The van der Waals surface area contributed by atoms with Gasteiger partial charge in [-0.1, -0.05) is 0 Å². The Bertz CT molecular complexity index is 554. The van der Waals surface area contributed by atoms with Crippen molar-refractivity contribution in [3.8, 4) is 0 Å². The molecule has 0 aromatic carbocycles. The van der Waals surface area contributed by atoms with Gasteiger partial charge in [0.25, 0.3) is 0 Å². The molecular weight excluding hydrogens is 343 g/mol. The fourth-order valence-corrected chi connectivity index (χ4v) is 4.79. The zero-order chi connectivity index (χ0) is 19.3. The van der Waals surface area contributed by atoms with Crippen molar-refractivity contribution in [2.45, 2.75) is 101 Å². The number of carbonyl (C=O) groups is 1. The molecule has 0 aromatic rings. The second-order valence-electron chi connectivity index (χ2n) is 9.97. The van der Waals surface area contributed by atoms with Crippen LogP contribution in [0.1, 0.15) is 72.6 Å². The Kier molecular flexibility index (Phi) is 5.01. The summed E-state index contributed by atoms with van der Waals surface area (Å²) >= 11 is 0. The zero-order valence-corrected chi connectivity index (χ0v) is 17.4. The number of likely N-dealkylation sites (tertiary alicyclic amines) is 1. The Hall–Kier alpha value is -0.785. The van der Waals surface area contributed by atoms with E-state index in [4.69, 9.17) is 14.0 Å². The number of ether oxygens (including phenoxy) is 1. The molecule has 6 nitrogen and oxygen atoms in total. The lowest BCUT2D eigenvalue weighted by Gasteiger charge is -2.47. The van der Waals surface area contributed by atoms with Gasteiger partial charge >= 0.3 is 13.1 Å². The first kappa shape index (κ1) is 19.5. The zero-order valence-electron chi connectivity index (χ0n) is 17.4. The van der Waals surface area contributed by atoms with Gasteiger partial charge in [-0.05, 0) is 78.5 Å². The highest BCUT2D eigenvalue weighted by atomic mass is 16.7. The maximum atomic E-state index is 12.7. The van der Waals surface area contributed by atoms with E-state index in [-0.39, 0.29) is 36.0 Å². The highest BCUT2D eigenvalue weighted by Crippen LogP contribution is 2.43. The van der Waals surface area contributed by atoms with Crippen molar-refractivity contribution in [1.29, 1.82) is 0 Å². The molecule has 3 aliphatic heterocycles. The Morgan fingerprint density at radius 1 is 1.04 bits per heavy atom. The maximum Gasteiger partial charge on any atom is 0.461 e. The molecule has 3 heterocycles. The number of piperidine rings is 1. The summed E-state index contributed by atoms with van der Waals surface area (Å²) in [6.07, 6.45) is 7.33. The summed E-state index contributed by atoms with van der Waals surface area (Å²) < 4.78 is 18.4.